The van der Waals surface area contributed by atoms with E-state index in [2.05, 4.69) is 44.6 Å². The van der Waals surface area contributed by atoms with Gasteiger partial charge in [0.25, 0.3) is 0 Å². The molecule has 2 heterocycles. The monoisotopic (exact) mass is 369 g/mol. The van der Waals surface area contributed by atoms with Crippen molar-refractivity contribution in [2.75, 3.05) is 7.11 Å². The van der Waals surface area contributed by atoms with E-state index in [0.29, 0.717) is 11.8 Å². The minimum atomic E-state index is -0.581. The molecule has 0 radical (unpaired) electrons. The lowest BCUT2D eigenvalue weighted by Crippen LogP contribution is -2.57. The zero-order valence-corrected chi connectivity index (χ0v) is 17.2. The molecule has 7 nitrogen and oxygen atoms in total. The number of nitrogens with zero attached hydrogens (tertiary/aromatic N) is 3. The van der Waals surface area contributed by atoms with E-state index < -0.39 is 12.3 Å². The molecule has 10 atom stereocenters. The molecule has 2 saturated heterocycles. The maximum atomic E-state index is 9.05. The largest absolute Gasteiger partial charge is 0.378 e. The highest BCUT2D eigenvalue weighted by Crippen LogP contribution is 2.38. The van der Waals surface area contributed by atoms with Gasteiger partial charge in [0.05, 0.1) is 36.6 Å². The van der Waals surface area contributed by atoms with Crippen molar-refractivity contribution in [1.82, 2.24) is 0 Å². The Bertz CT molecular complexity index is 497. The smallest absolute Gasteiger partial charge is 0.167 e. The number of methoxy groups -OCH3 is 1. The fraction of sp³-hybridized carbons (Fsp3) is 1.00. The van der Waals surface area contributed by atoms with Gasteiger partial charge in [-0.1, -0.05) is 39.7 Å². The molecule has 0 N–H and O–H groups in total. The summed E-state index contributed by atoms with van der Waals surface area (Å²) in [4.78, 5) is 3.04. The zero-order valence-electron chi connectivity index (χ0n) is 17.2. The van der Waals surface area contributed by atoms with Crippen molar-refractivity contribution in [1.29, 1.82) is 0 Å². The fourth-order valence-corrected chi connectivity index (χ4v) is 4.38. The lowest BCUT2D eigenvalue weighted by atomic mass is 9.81. The van der Waals surface area contributed by atoms with Gasteiger partial charge in [0.2, 0.25) is 0 Å². The fourth-order valence-electron chi connectivity index (χ4n) is 4.38. The second-order valence-corrected chi connectivity index (χ2v) is 7.81. The number of hydrogen-bond donors (Lipinski definition) is 0. The average molecular weight is 370 g/mol. The van der Waals surface area contributed by atoms with Crippen LogP contribution >= 0.6 is 0 Å². The molecule has 26 heavy (non-hydrogen) atoms. The van der Waals surface area contributed by atoms with Gasteiger partial charge in [0, 0.05) is 12.0 Å². The molecule has 6 unspecified atom stereocenters. The molecule has 0 aromatic carbocycles. The predicted octanol–water partition coefficient (Wildman–Crippen LogP) is 4.31. The average Bonchev–Trinajstić information content (AvgIpc) is 2.64. The maximum absolute atomic E-state index is 9.05. The van der Waals surface area contributed by atoms with E-state index in [1.54, 1.807) is 7.11 Å². The molecule has 0 aromatic rings. The van der Waals surface area contributed by atoms with Gasteiger partial charge in [-0.05, 0) is 43.1 Å². The molecule has 150 valence electrons. The van der Waals surface area contributed by atoms with Crippen LogP contribution in [0.15, 0.2) is 5.11 Å². The summed E-state index contributed by atoms with van der Waals surface area (Å²) in [5.74, 6) is 0.723. The Morgan fingerprint density at radius 1 is 0.923 bits per heavy atom. The SMILES string of the molecule is CCC1OC(O[C@H]2C(C)C(C)C(C)O[C@H]2CC)[C@@H](N=[N+]=[N-])[C@@H](C)C1OC. The molecule has 2 fully saturated rings. The summed E-state index contributed by atoms with van der Waals surface area (Å²) < 4.78 is 24.5. The van der Waals surface area contributed by atoms with Crippen LogP contribution in [0.25, 0.3) is 10.4 Å². The Kier molecular flexibility index (Phi) is 7.74. The minimum Gasteiger partial charge on any atom is -0.378 e. The third-order valence-corrected chi connectivity index (χ3v) is 6.41. The lowest BCUT2D eigenvalue weighted by molar-refractivity contribution is -0.296. The lowest BCUT2D eigenvalue weighted by Gasteiger charge is -2.48. The standard InChI is InChI=1S/C19H35N3O4/c1-8-14-17(23-7)12(5)16(21-22-20)19(25-14)26-18-11(4)10(3)13(6)24-15(18)9-2/h10-19H,8-9H2,1-7H3/t10?,11?,12-,13?,14?,15+,16+,17?,18+,19?/m1/s1. The summed E-state index contributed by atoms with van der Waals surface area (Å²) >= 11 is 0. The summed E-state index contributed by atoms with van der Waals surface area (Å²) in [7, 11) is 1.68. The first-order chi connectivity index (χ1) is 12.4. The van der Waals surface area contributed by atoms with Gasteiger partial charge in [0.1, 0.15) is 0 Å². The summed E-state index contributed by atoms with van der Waals surface area (Å²) in [5, 5.41) is 4.00. The van der Waals surface area contributed by atoms with Gasteiger partial charge in [-0.15, -0.1) is 0 Å². The molecule has 0 amide bonds. The Morgan fingerprint density at radius 3 is 2.08 bits per heavy atom. The van der Waals surface area contributed by atoms with Crippen LogP contribution in [0.3, 0.4) is 0 Å². The Hall–Kier alpha value is -0.850. The Labute approximate surface area is 157 Å². The molecule has 7 heteroatoms. The van der Waals surface area contributed by atoms with Crippen LogP contribution < -0.4 is 0 Å². The van der Waals surface area contributed by atoms with Crippen molar-refractivity contribution >= 4 is 0 Å². The first kappa shape index (κ1) is 21.5. The van der Waals surface area contributed by atoms with Crippen molar-refractivity contribution in [2.24, 2.45) is 22.9 Å². The van der Waals surface area contributed by atoms with Crippen molar-refractivity contribution in [3.05, 3.63) is 10.4 Å². The van der Waals surface area contributed by atoms with E-state index >= 15 is 0 Å². The van der Waals surface area contributed by atoms with Gasteiger partial charge in [-0.25, -0.2) is 0 Å². The third-order valence-electron chi connectivity index (χ3n) is 6.41. The van der Waals surface area contributed by atoms with Gasteiger partial charge in [-0.2, -0.15) is 0 Å². The van der Waals surface area contributed by atoms with Gasteiger partial charge in [0.15, 0.2) is 6.29 Å². The van der Waals surface area contributed by atoms with Crippen LogP contribution in [-0.4, -0.2) is 50.0 Å². The van der Waals surface area contributed by atoms with Crippen LogP contribution in [-0.2, 0) is 18.9 Å². The minimum absolute atomic E-state index is 0.0100. The molecule has 2 aliphatic rings. The molecule has 0 spiro atoms. The normalized spacial score (nSPS) is 46.6. The molecular weight excluding hydrogens is 334 g/mol. The van der Waals surface area contributed by atoms with Gasteiger partial charge >= 0.3 is 0 Å². The number of hydrogen-bond acceptors (Lipinski definition) is 5. The first-order valence-electron chi connectivity index (χ1n) is 9.92. The van der Waals surface area contributed by atoms with E-state index in [-0.39, 0.29) is 36.4 Å². The predicted molar refractivity (Wildman–Crippen MR) is 99.7 cm³/mol. The number of rotatable bonds is 6. The Balaban J connectivity index is 2.24. The van der Waals surface area contributed by atoms with Crippen molar-refractivity contribution in [3.63, 3.8) is 0 Å². The Morgan fingerprint density at radius 2 is 1.54 bits per heavy atom. The second-order valence-electron chi connectivity index (χ2n) is 7.81. The van der Waals surface area contributed by atoms with E-state index in [1.165, 1.54) is 0 Å². The maximum Gasteiger partial charge on any atom is 0.167 e. The van der Waals surface area contributed by atoms with Crippen molar-refractivity contribution in [3.8, 4) is 0 Å². The summed E-state index contributed by atoms with van der Waals surface area (Å²) in [6, 6.07) is -0.424. The molecule has 0 bridgehead atoms. The molecule has 2 aliphatic heterocycles. The highest BCUT2D eigenvalue weighted by Gasteiger charge is 2.47. The van der Waals surface area contributed by atoms with E-state index in [1.807, 2.05) is 6.92 Å². The van der Waals surface area contributed by atoms with E-state index in [9.17, 15) is 0 Å². The molecule has 0 aromatic heterocycles. The zero-order chi connectivity index (χ0) is 19.4. The first-order valence-corrected chi connectivity index (χ1v) is 9.92. The van der Waals surface area contributed by atoms with Crippen LogP contribution in [0, 0.1) is 17.8 Å². The van der Waals surface area contributed by atoms with Crippen LogP contribution in [0.5, 0.6) is 0 Å². The molecular formula is C19H35N3O4. The molecule has 0 saturated carbocycles. The second kappa shape index (κ2) is 9.38. The van der Waals surface area contributed by atoms with Crippen LogP contribution in [0.1, 0.15) is 54.4 Å². The van der Waals surface area contributed by atoms with Crippen molar-refractivity contribution in [2.45, 2.75) is 97.2 Å². The van der Waals surface area contributed by atoms with Crippen molar-refractivity contribution < 1.29 is 18.9 Å². The molecule has 2 rings (SSSR count). The highest BCUT2D eigenvalue weighted by atomic mass is 16.7. The quantitative estimate of drug-likeness (QED) is 0.397. The highest BCUT2D eigenvalue weighted by molar-refractivity contribution is 4.94. The van der Waals surface area contributed by atoms with Crippen LogP contribution in [0.2, 0.25) is 0 Å². The summed E-state index contributed by atoms with van der Waals surface area (Å²) in [6.45, 7) is 12.8. The number of azide groups is 1. The topological polar surface area (TPSA) is 85.7 Å². The van der Waals surface area contributed by atoms with E-state index in [4.69, 9.17) is 24.5 Å². The molecule has 0 aliphatic carbocycles. The van der Waals surface area contributed by atoms with Gasteiger partial charge in [-0.3, -0.25) is 0 Å². The number of ether oxygens (including phenoxy) is 4. The third kappa shape index (κ3) is 4.18. The summed E-state index contributed by atoms with van der Waals surface area (Å²) in [5.41, 5.74) is 9.05. The van der Waals surface area contributed by atoms with Crippen LogP contribution in [0.4, 0.5) is 0 Å². The van der Waals surface area contributed by atoms with E-state index in [0.717, 1.165) is 12.8 Å². The van der Waals surface area contributed by atoms with Gasteiger partial charge < -0.3 is 18.9 Å². The summed E-state index contributed by atoms with van der Waals surface area (Å²) in [6.07, 6.45) is 1.04.